The number of nitrogens with one attached hydrogen (secondary N) is 1. The largest absolute Gasteiger partial charge is 0.486 e. The van der Waals surface area contributed by atoms with E-state index in [4.69, 9.17) is 21.1 Å². The molecule has 20 heavy (non-hydrogen) atoms. The number of nitriles is 1. The first-order chi connectivity index (χ1) is 9.78. The van der Waals surface area contributed by atoms with Crippen molar-refractivity contribution < 1.29 is 9.47 Å². The van der Waals surface area contributed by atoms with Crippen molar-refractivity contribution in [3.05, 3.63) is 22.7 Å². The molecule has 0 bridgehead atoms. The van der Waals surface area contributed by atoms with Crippen LogP contribution in [0, 0.1) is 11.3 Å². The molecule has 106 valence electrons. The van der Waals surface area contributed by atoms with Crippen LogP contribution >= 0.6 is 11.6 Å². The first kappa shape index (κ1) is 13.5. The lowest BCUT2D eigenvalue weighted by Crippen LogP contribution is -2.49. The van der Waals surface area contributed by atoms with Gasteiger partial charge in [0, 0.05) is 26.2 Å². The van der Waals surface area contributed by atoms with Gasteiger partial charge in [-0.3, -0.25) is 4.90 Å². The average molecular weight is 294 g/mol. The van der Waals surface area contributed by atoms with E-state index < -0.39 is 0 Å². The number of nitrogens with zero attached hydrogens (tertiary/aromatic N) is 2. The molecule has 1 atom stereocenters. The molecule has 0 saturated carbocycles. The van der Waals surface area contributed by atoms with Gasteiger partial charge in [0.1, 0.15) is 19.3 Å². The summed E-state index contributed by atoms with van der Waals surface area (Å²) in [5, 5.41) is 13.0. The van der Waals surface area contributed by atoms with Gasteiger partial charge < -0.3 is 14.8 Å². The van der Waals surface area contributed by atoms with Gasteiger partial charge in [0.05, 0.1) is 11.1 Å². The van der Waals surface area contributed by atoms with Crippen molar-refractivity contribution in [3.8, 4) is 17.6 Å². The van der Waals surface area contributed by atoms with Crippen LogP contribution in [0.3, 0.4) is 0 Å². The fourth-order valence-electron chi connectivity index (χ4n) is 2.55. The van der Waals surface area contributed by atoms with Crippen LogP contribution in [-0.2, 0) is 6.54 Å². The Labute approximate surface area is 123 Å². The minimum absolute atomic E-state index is 0.101. The molecule has 6 heteroatoms. The molecule has 1 saturated heterocycles. The quantitative estimate of drug-likeness (QED) is 0.893. The van der Waals surface area contributed by atoms with Crippen LogP contribution < -0.4 is 14.8 Å². The van der Waals surface area contributed by atoms with Crippen molar-refractivity contribution in [2.75, 3.05) is 32.8 Å². The van der Waals surface area contributed by atoms with Crippen LogP contribution in [-0.4, -0.2) is 43.8 Å². The lowest BCUT2D eigenvalue weighted by Gasteiger charge is -2.32. The third-order valence-electron chi connectivity index (χ3n) is 3.55. The second kappa shape index (κ2) is 5.88. The Bertz CT molecular complexity index is 544. The van der Waals surface area contributed by atoms with Gasteiger partial charge in [0.15, 0.2) is 11.5 Å². The maximum absolute atomic E-state index is 9.18. The Morgan fingerprint density at radius 1 is 1.40 bits per heavy atom. The highest BCUT2D eigenvalue weighted by Crippen LogP contribution is 2.38. The van der Waals surface area contributed by atoms with E-state index in [2.05, 4.69) is 16.3 Å². The molecule has 0 aliphatic carbocycles. The molecule has 2 heterocycles. The third-order valence-corrected chi connectivity index (χ3v) is 3.83. The predicted molar refractivity (Wildman–Crippen MR) is 75.1 cm³/mol. The Hall–Kier alpha value is -1.48. The summed E-state index contributed by atoms with van der Waals surface area (Å²) in [4.78, 5) is 2.15. The monoisotopic (exact) mass is 293 g/mol. The van der Waals surface area contributed by atoms with Crippen molar-refractivity contribution in [1.29, 1.82) is 5.26 Å². The Kier molecular flexibility index (Phi) is 3.97. The van der Waals surface area contributed by atoms with Crippen LogP contribution in [0.1, 0.15) is 5.56 Å². The summed E-state index contributed by atoms with van der Waals surface area (Å²) in [6.07, 6.45) is 0. The highest BCUT2D eigenvalue weighted by molar-refractivity contribution is 6.32. The van der Waals surface area contributed by atoms with Crippen molar-refractivity contribution in [2.24, 2.45) is 0 Å². The number of piperazine rings is 1. The highest BCUT2D eigenvalue weighted by Gasteiger charge is 2.23. The van der Waals surface area contributed by atoms with Gasteiger partial charge in [-0.1, -0.05) is 11.6 Å². The van der Waals surface area contributed by atoms with E-state index in [1.54, 1.807) is 0 Å². The van der Waals surface area contributed by atoms with Crippen LogP contribution in [0.25, 0.3) is 0 Å². The summed E-state index contributed by atoms with van der Waals surface area (Å²) < 4.78 is 11.1. The van der Waals surface area contributed by atoms with Crippen LogP contribution in [0.4, 0.5) is 0 Å². The fourth-order valence-corrected chi connectivity index (χ4v) is 2.84. The van der Waals surface area contributed by atoms with Crippen LogP contribution in [0.15, 0.2) is 12.1 Å². The van der Waals surface area contributed by atoms with E-state index in [0.717, 1.165) is 18.7 Å². The van der Waals surface area contributed by atoms with Crippen molar-refractivity contribution in [3.63, 3.8) is 0 Å². The molecule has 3 rings (SSSR count). The topological polar surface area (TPSA) is 57.5 Å². The van der Waals surface area contributed by atoms with E-state index >= 15 is 0 Å². The summed E-state index contributed by atoms with van der Waals surface area (Å²) in [5.74, 6) is 1.32. The summed E-state index contributed by atoms with van der Waals surface area (Å²) in [7, 11) is 0. The molecule has 1 aromatic carbocycles. The molecule has 0 aromatic heterocycles. The minimum Gasteiger partial charge on any atom is -0.486 e. The Morgan fingerprint density at radius 3 is 3.10 bits per heavy atom. The molecule has 1 N–H and O–H groups in total. The molecule has 1 fully saturated rings. The van der Waals surface area contributed by atoms with Crippen molar-refractivity contribution in [2.45, 2.75) is 12.6 Å². The van der Waals surface area contributed by atoms with Gasteiger partial charge in [-0.2, -0.15) is 5.26 Å². The number of hydrogen-bond donors (Lipinski definition) is 1. The maximum atomic E-state index is 9.18. The molecule has 0 amide bonds. The Morgan fingerprint density at radius 2 is 2.25 bits per heavy atom. The van der Waals surface area contributed by atoms with E-state index in [9.17, 15) is 5.26 Å². The number of benzene rings is 1. The summed E-state index contributed by atoms with van der Waals surface area (Å²) in [6.45, 7) is 4.22. The van der Waals surface area contributed by atoms with E-state index in [1.165, 1.54) is 0 Å². The summed E-state index contributed by atoms with van der Waals surface area (Å²) >= 11 is 6.23. The van der Waals surface area contributed by atoms with Gasteiger partial charge >= 0.3 is 0 Å². The first-order valence-corrected chi connectivity index (χ1v) is 7.08. The number of hydrogen-bond acceptors (Lipinski definition) is 5. The van der Waals surface area contributed by atoms with E-state index in [0.29, 0.717) is 42.8 Å². The lowest BCUT2D eigenvalue weighted by atomic mass is 10.1. The Balaban J connectivity index is 1.80. The number of ether oxygens (including phenoxy) is 2. The molecule has 1 aromatic rings. The molecule has 0 radical (unpaired) electrons. The fraction of sp³-hybridized carbons (Fsp3) is 0.500. The normalized spacial score (nSPS) is 22.3. The standard InChI is InChI=1S/C14H16ClN3O2/c15-12-5-10(6-13-14(12)20-4-3-19-13)9-18-2-1-17-8-11(18)7-16/h5-6,11,17H,1-4,8-9H2. The summed E-state index contributed by atoms with van der Waals surface area (Å²) in [5.41, 5.74) is 1.04. The van der Waals surface area contributed by atoms with Crippen molar-refractivity contribution in [1.82, 2.24) is 10.2 Å². The number of fused-ring (bicyclic) bond motifs is 1. The van der Waals surface area contributed by atoms with Crippen molar-refractivity contribution >= 4 is 11.6 Å². The summed E-state index contributed by atoms with van der Waals surface area (Å²) in [6, 6.07) is 6.07. The smallest absolute Gasteiger partial charge is 0.179 e. The highest BCUT2D eigenvalue weighted by atomic mass is 35.5. The molecule has 1 unspecified atom stereocenters. The second-order valence-electron chi connectivity index (χ2n) is 4.92. The molecule has 2 aliphatic rings. The number of halogens is 1. The molecular formula is C14H16ClN3O2. The molecular weight excluding hydrogens is 278 g/mol. The van der Waals surface area contributed by atoms with Gasteiger partial charge in [-0.25, -0.2) is 0 Å². The third kappa shape index (κ3) is 2.68. The zero-order valence-corrected chi connectivity index (χ0v) is 11.8. The SMILES string of the molecule is N#CC1CNCCN1Cc1cc(Cl)c2c(c1)OCCO2. The van der Waals surface area contributed by atoms with E-state index in [-0.39, 0.29) is 6.04 Å². The molecule has 2 aliphatic heterocycles. The number of rotatable bonds is 2. The van der Waals surface area contributed by atoms with Crippen LogP contribution in [0.5, 0.6) is 11.5 Å². The first-order valence-electron chi connectivity index (χ1n) is 6.70. The van der Waals surface area contributed by atoms with E-state index in [1.807, 2.05) is 12.1 Å². The zero-order valence-electron chi connectivity index (χ0n) is 11.1. The van der Waals surface area contributed by atoms with Gasteiger partial charge in [0.25, 0.3) is 0 Å². The van der Waals surface area contributed by atoms with Crippen LogP contribution in [0.2, 0.25) is 5.02 Å². The van der Waals surface area contributed by atoms with Gasteiger partial charge in [-0.15, -0.1) is 0 Å². The lowest BCUT2D eigenvalue weighted by molar-refractivity contribution is 0.169. The molecule has 0 spiro atoms. The average Bonchev–Trinajstić information content (AvgIpc) is 2.48. The molecule has 5 nitrogen and oxygen atoms in total. The van der Waals surface area contributed by atoms with Gasteiger partial charge in [-0.05, 0) is 17.7 Å². The zero-order chi connectivity index (χ0) is 13.9. The predicted octanol–water partition coefficient (Wildman–Crippen LogP) is 1.41. The van der Waals surface area contributed by atoms with Gasteiger partial charge in [0.2, 0.25) is 0 Å². The maximum Gasteiger partial charge on any atom is 0.179 e. The minimum atomic E-state index is -0.101. The second-order valence-corrected chi connectivity index (χ2v) is 5.33.